The zero-order valence-electron chi connectivity index (χ0n) is 15.9. The summed E-state index contributed by atoms with van der Waals surface area (Å²) >= 11 is 0. The van der Waals surface area contributed by atoms with Crippen molar-refractivity contribution in [2.24, 2.45) is 10.7 Å². The summed E-state index contributed by atoms with van der Waals surface area (Å²) in [6.45, 7) is 3.92. The third kappa shape index (κ3) is 5.76. The van der Waals surface area contributed by atoms with Gasteiger partial charge in [-0.1, -0.05) is 0 Å². The van der Waals surface area contributed by atoms with Gasteiger partial charge in [-0.15, -0.1) is 0 Å². The Labute approximate surface area is 154 Å². The van der Waals surface area contributed by atoms with Crippen molar-refractivity contribution in [1.29, 1.82) is 0 Å². The van der Waals surface area contributed by atoms with Gasteiger partial charge in [-0.2, -0.15) is 0 Å². The number of aliphatic imine (C=N–C) groups is 1. The maximum atomic E-state index is 11.9. The molecule has 2 rings (SSSR count). The fraction of sp³-hybridized carbons (Fsp3) is 0.824. The summed E-state index contributed by atoms with van der Waals surface area (Å²) in [5.41, 5.74) is 5.97. The molecule has 9 heteroatoms. The molecule has 0 aromatic rings. The van der Waals surface area contributed by atoms with E-state index in [1.807, 2.05) is 0 Å². The first kappa shape index (κ1) is 20.3. The van der Waals surface area contributed by atoms with Gasteiger partial charge in [-0.05, 0) is 32.6 Å². The Morgan fingerprint density at radius 3 is 2.58 bits per heavy atom. The monoisotopic (exact) mass is 369 g/mol. The number of rotatable bonds is 5. The smallest absolute Gasteiger partial charge is 0.409 e. The predicted octanol–water partition coefficient (Wildman–Crippen LogP) is 0.147. The number of guanidine groups is 1. The quantitative estimate of drug-likeness (QED) is 0.527. The predicted molar refractivity (Wildman–Crippen MR) is 97.8 cm³/mol. The molecule has 0 aromatic heterocycles. The number of carbonyl (C=O) groups is 2. The maximum Gasteiger partial charge on any atom is 0.409 e. The Hall–Kier alpha value is -2.03. The average Bonchev–Trinajstić information content (AvgIpc) is 3.09. The first-order chi connectivity index (χ1) is 12.4. The first-order valence-electron chi connectivity index (χ1n) is 9.25. The number of nitrogens with one attached hydrogen (secondary N) is 1. The van der Waals surface area contributed by atoms with E-state index in [-0.39, 0.29) is 30.3 Å². The van der Waals surface area contributed by atoms with Crippen molar-refractivity contribution in [3.63, 3.8) is 0 Å². The number of hydrogen-bond donors (Lipinski definition) is 2. The molecule has 2 fully saturated rings. The van der Waals surface area contributed by atoms with Gasteiger partial charge >= 0.3 is 6.09 Å². The van der Waals surface area contributed by atoms with Crippen LogP contribution in [0.2, 0.25) is 0 Å². The van der Waals surface area contributed by atoms with Crippen LogP contribution in [0.3, 0.4) is 0 Å². The van der Waals surface area contributed by atoms with Crippen molar-refractivity contribution in [2.75, 3.05) is 40.3 Å². The molecule has 2 unspecified atom stereocenters. The molecular formula is C17H31N5O4. The van der Waals surface area contributed by atoms with Crippen LogP contribution in [-0.4, -0.2) is 86.3 Å². The molecule has 9 nitrogen and oxygen atoms in total. The highest BCUT2D eigenvalue weighted by Gasteiger charge is 2.31. The summed E-state index contributed by atoms with van der Waals surface area (Å²) < 4.78 is 10.8. The number of ether oxygens (including phenoxy) is 2. The molecule has 0 bridgehead atoms. The zero-order chi connectivity index (χ0) is 19.1. The van der Waals surface area contributed by atoms with Gasteiger partial charge in [0.1, 0.15) is 6.10 Å². The van der Waals surface area contributed by atoms with Gasteiger partial charge in [-0.3, -0.25) is 9.79 Å². The Kier molecular flexibility index (Phi) is 7.50. The molecule has 2 heterocycles. The summed E-state index contributed by atoms with van der Waals surface area (Å²) in [6.07, 6.45) is 2.42. The normalized spacial score (nSPS) is 24.4. The number of likely N-dealkylation sites (tertiary alicyclic amines) is 1. The van der Waals surface area contributed by atoms with Gasteiger partial charge < -0.3 is 30.3 Å². The van der Waals surface area contributed by atoms with Crippen LogP contribution in [0.25, 0.3) is 0 Å². The number of carbonyl (C=O) groups excluding carboxylic acids is 2. The van der Waals surface area contributed by atoms with E-state index in [1.165, 1.54) is 0 Å². The van der Waals surface area contributed by atoms with Crippen molar-refractivity contribution in [3.8, 4) is 0 Å². The third-order valence-corrected chi connectivity index (χ3v) is 4.66. The van der Waals surface area contributed by atoms with Crippen LogP contribution >= 0.6 is 0 Å². The van der Waals surface area contributed by atoms with Crippen LogP contribution in [0.15, 0.2) is 4.99 Å². The van der Waals surface area contributed by atoms with Crippen LogP contribution in [0.4, 0.5) is 4.79 Å². The lowest BCUT2D eigenvalue weighted by Crippen LogP contribution is -2.48. The van der Waals surface area contributed by atoms with E-state index >= 15 is 0 Å². The molecule has 26 heavy (non-hydrogen) atoms. The number of nitrogens with two attached hydrogens (primary N) is 1. The van der Waals surface area contributed by atoms with Gasteiger partial charge in [0.05, 0.1) is 19.3 Å². The summed E-state index contributed by atoms with van der Waals surface area (Å²) in [6, 6.07) is 0.192. The van der Waals surface area contributed by atoms with Gasteiger partial charge in [0.2, 0.25) is 0 Å². The number of likely N-dealkylation sites (N-methyl/N-ethyl adjacent to an activating group) is 1. The standard InChI is InChI=1S/C17H31N5O4/c1-4-25-17(24)22-9-7-12(8-10-22)20-16(18)19-11-13-5-6-14(26-13)15(23)21(2)3/h12-14H,4-11H2,1-3H3,(H3,18,19,20). The molecular weight excluding hydrogens is 338 g/mol. The largest absolute Gasteiger partial charge is 0.450 e. The van der Waals surface area contributed by atoms with Gasteiger partial charge in [-0.25, -0.2) is 4.79 Å². The van der Waals surface area contributed by atoms with E-state index in [2.05, 4.69) is 10.3 Å². The minimum atomic E-state index is -0.369. The molecule has 0 spiro atoms. The minimum absolute atomic E-state index is 0.00376. The second kappa shape index (κ2) is 9.61. The van der Waals surface area contributed by atoms with Crippen LogP contribution in [-0.2, 0) is 14.3 Å². The molecule has 0 radical (unpaired) electrons. The zero-order valence-corrected chi connectivity index (χ0v) is 15.9. The molecule has 2 atom stereocenters. The number of nitrogens with zero attached hydrogens (tertiary/aromatic N) is 3. The second-order valence-electron chi connectivity index (χ2n) is 6.89. The topological polar surface area (TPSA) is 109 Å². The summed E-state index contributed by atoms with van der Waals surface area (Å²) in [7, 11) is 3.46. The van der Waals surface area contributed by atoms with Crippen LogP contribution < -0.4 is 11.1 Å². The highest BCUT2D eigenvalue weighted by molar-refractivity contribution is 5.80. The van der Waals surface area contributed by atoms with E-state index < -0.39 is 0 Å². The Balaban J connectivity index is 1.70. The molecule has 2 aliphatic heterocycles. The third-order valence-electron chi connectivity index (χ3n) is 4.66. The van der Waals surface area contributed by atoms with Gasteiger partial charge in [0.15, 0.2) is 5.96 Å². The van der Waals surface area contributed by atoms with Crippen molar-refractivity contribution >= 4 is 18.0 Å². The number of amides is 2. The summed E-state index contributed by atoms with van der Waals surface area (Å²) in [4.78, 5) is 31.2. The molecule has 0 aliphatic carbocycles. The summed E-state index contributed by atoms with van der Waals surface area (Å²) in [5.74, 6) is 0.376. The molecule has 2 amide bonds. The molecule has 3 N–H and O–H groups in total. The molecule has 148 valence electrons. The lowest BCUT2D eigenvalue weighted by molar-refractivity contribution is -0.140. The fourth-order valence-corrected chi connectivity index (χ4v) is 3.19. The SMILES string of the molecule is CCOC(=O)N1CCC(NC(N)=NCC2CCC(C(=O)N(C)C)O2)CC1. The van der Waals surface area contributed by atoms with Crippen LogP contribution in [0.1, 0.15) is 32.6 Å². The van der Waals surface area contributed by atoms with E-state index in [0.717, 1.165) is 25.7 Å². The molecule has 0 aromatic carbocycles. The van der Waals surface area contributed by atoms with Crippen LogP contribution in [0.5, 0.6) is 0 Å². The average molecular weight is 369 g/mol. The lowest BCUT2D eigenvalue weighted by Gasteiger charge is -2.31. The Morgan fingerprint density at radius 2 is 1.96 bits per heavy atom. The Morgan fingerprint density at radius 1 is 1.27 bits per heavy atom. The van der Waals surface area contributed by atoms with E-state index in [9.17, 15) is 9.59 Å². The maximum absolute atomic E-state index is 11.9. The van der Waals surface area contributed by atoms with Gasteiger partial charge in [0.25, 0.3) is 5.91 Å². The number of hydrogen-bond acceptors (Lipinski definition) is 5. The molecule has 0 saturated carbocycles. The summed E-state index contributed by atoms with van der Waals surface area (Å²) in [5, 5.41) is 3.20. The van der Waals surface area contributed by atoms with Crippen molar-refractivity contribution in [2.45, 2.75) is 50.9 Å². The highest BCUT2D eigenvalue weighted by Crippen LogP contribution is 2.21. The number of piperidine rings is 1. The van der Waals surface area contributed by atoms with Crippen molar-refractivity contribution in [1.82, 2.24) is 15.1 Å². The van der Waals surface area contributed by atoms with E-state index in [4.69, 9.17) is 15.2 Å². The second-order valence-corrected chi connectivity index (χ2v) is 6.89. The van der Waals surface area contributed by atoms with E-state index in [0.29, 0.717) is 32.2 Å². The lowest BCUT2D eigenvalue weighted by atomic mass is 10.1. The highest BCUT2D eigenvalue weighted by atomic mass is 16.6. The van der Waals surface area contributed by atoms with E-state index in [1.54, 1.807) is 30.8 Å². The first-order valence-corrected chi connectivity index (χ1v) is 9.25. The minimum Gasteiger partial charge on any atom is -0.450 e. The van der Waals surface area contributed by atoms with Crippen LogP contribution in [0, 0.1) is 0 Å². The van der Waals surface area contributed by atoms with Crippen molar-refractivity contribution in [3.05, 3.63) is 0 Å². The molecule has 2 saturated heterocycles. The fourth-order valence-electron chi connectivity index (χ4n) is 3.19. The Bertz CT molecular complexity index is 517. The molecule has 2 aliphatic rings. The van der Waals surface area contributed by atoms with Gasteiger partial charge in [0, 0.05) is 33.2 Å². The van der Waals surface area contributed by atoms with Crippen molar-refractivity contribution < 1.29 is 19.1 Å².